The molecular weight excluding hydrogens is 212 g/mol. The lowest BCUT2D eigenvalue weighted by Crippen LogP contribution is -2.46. The van der Waals surface area contributed by atoms with Gasteiger partial charge >= 0.3 is 0 Å². The minimum absolute atomic E-state index is 0.246. The van der Waals surface area contributed by atoms with Crippen LogP contribution in [-0.4, -0.2) is 33.8 Å². The van der Waals surface area contributed by atoms with Crippen molar-refractivity contribution in [3.8, 4) is 0 Å². The first-order valence-corrected chi connectivity index (χ1v) is 6.79. The first-order valence-electron chi connectivity index (χ1n) is 6.79. The first kappa shape index (κ1) is 12.6. The van der Waals surface area contributed by atoms with E-state index in [9.17, 15) is 0 Å². The van der Waals surface area contributed by atoms with Crippen molar-refractivity contribution < 1.29 is 0 Å². The number of rotatable bonds is 4. The highest BCUT2D eigenvalue weighted by Gasteiger charge is 2.31. The van der Waals surface area contributed by atoms with Crippen LogP contribution in [0, 0.1) is 0 Å². The third kappa shape index (κ3) is 2.53. The van der Waals surface area contributed by atoms with Crippen LogP contribution in [0.2, 0.25) is 0 Å². The molecule has 1 aromatic rings. The fourth-order valence-corrected chi connectivity index (χ4v) is 2.85. The zero-order chi connectivity index (χ0) is 12.3. The third-order valence-corrected chi connectivity index (χ3v) is 3.68. The van der Waals surface area contributed by atoms with E-state index in [0.717, 1.165) is 32.5 Å². The van der Waals surface area contributed by atoms with Gasteiger partial charge in [0.2, 0.25) is 0 Å². The normalized spacial score (nSPS) is 26.3. The molecule has 1 aliphatic rings. The lowest BCUT2D eigenvalue weighted by atomic mass is 9.94. The molecule has 17 heavy (non-hydrogen) atoms. The Hall–Kier alpha value is -0.870. The highest BCUT2D eigenvalue weighted by molar-refractivity contribution is 5.11. The summed E-state index contributed by atoms with van der Waals surface area (Å²) < 4.78 is 2.12. The Morgan fingerprint density at radius 2 is 2.29 bits per heavy atom. The van der Waals surface area contributed by atoms with Crippen molar-refractivity contribution in [2.75, 3.05) is 13.1 Å². The highest BCUT2D eigenvalue weighted by Crippen LogP contribution is 2.29. The third-order valence-electron chi connectivity index (χ3n) is 3.68. The van der Waals surface area contributed by atoms with Gasteiger partial charge in [-0.2, -0.15) is 5.10 Å². The van der Waals surface area contributed by atoms with Gasteiger partial charge in [-0.05, 0) is 38.4 Å². The van der Waals surface area contributed by atoms with Crippen LogP contribution in [-0.2, 0) is 6.54 Å². The van der Waals surface area contributed by atoms with Gasteiger partial charge in [-0.25, -0.2) is 0 Å². The number of likely N-dealkylation sites (N-methyl/N-ethyl adjacent to an activating group) is 1. The largest absolute Gasteiger partial charge is 0.326 e. The topological polar surface area (TPSA) is 47.1 Å². The maximum atomic E-state index is 6.32. The number of piperidine rings is 1. The number of hydrogen-bond donors (Lipinski definition) is 1. The molecular formula is C13H24N4. The number of likely N-dealkylation sites (tertiary alicyclic amines) is 1. The van der Waals surface area contributed by atoms with Crippen LogP contribution in [0.3, 0.4) is 0 Å². The summed E-state index contributed by atoms with van der Waals surface area (Å²) in [6.45, 7) is 7.61. The summed E-state index contributed by atoms with van der Waals surface area (Å²) in [5.41, 5.74) is 7.61. The van der Waals surface area contributed by atoms with Crippen LogP contribution in [0.1, 0.15) is 44.8 Å². The summed E-state index contributed by atoms with van der Waals surface area (Å²) in [4.78, 5) is 2.48. The predicted octanol–water partition coefficient (Wildman–Crippen LogP) is 1.78. The van der Waals surface area contributed by atoms with Gasteiger partial charge in [-0.3, -0.25) is 9.58 Å². The average Bonchev–Trinajstić information content (AvgIpc) is 2.77. The van der Waals surface area contributed by atoms with Gasteiger partial charge in [-0.1, -0.05) is 13.8 Å². The fourth-order valence-electron chi connectivity index (χ4n) is 2.85. The van der Waals surface area contributed by atoms with E-state index in [1.165, 1.54) is 12.1 Å². The van der Waals surface area contributed by atoms with Crippen molar-refractivity contribution in [3.63, 3.8) is 0 Å². The zero-order valence-electron chi connectivity index (χ0n) is 11.0. The molecule has 4 nitrogen and oxygen atoms in total. The van der Waals surface area contributed by atoms with Crippen LogP contribution in [0.25, 0.3) is 0 Å². The molecule has 0 amide bonds. The molecule has 1 aromatic heterocycles. The Morgan fingerprint density at radius 3 is 3.00 bits per heavy atom. The molecule has 0 aromatic carbocycles. The molecule has 1 aliphatic heterocycles. The molecule has 2 heterocycles. The van der Waals surface area contributed by atoms with E-state index in [-0.39, 0.29) is 6.04 Å². The molecule has 0 radical (unpaired) electrons. The van der Waals surface area contributed by atoms with E-state index in [4.69, 9.17) is 5.73 Å². The molecule has 1 saturated heterocycles. The van der Waals surface area contributed by atoms with E-state index in [2.05, 4.69) is 34.6 Å². The highest BCUT2D eigenvalue weighted by atomic mass is 15.3. The van der Waals surface area contributed by atoms with Gasteiger partial charge in [0.15, 0.2) is 0 Å². The minimum Gasteiger partial charge on any atom is -0.326 e. The Kier molecular flexibility index (Phi) is 4.18. The maximum absolute atomic E-state index is 6.32. The summed E-state index contributed by atoms with van der Waals surface area (Å²) in [7, 11) is 0. The Balaban J connectivity index is 2.24. The second kappa shape index (κ2) is 5.65. The van der Waals surface area contributed by atoms with Crippen LogP contribution in [0.5, 0.6) is 0 Å². The fraction of sp³-hybridized carbons (Fsp3) is 0.769. The first-order chi connectivity index (χ1) is 8.27. The smallest absolute Gasteiger partial charge is 0.0670 e. The summed E-state index contributed by atoms with van der Waals surface area (Å²) in [5.74, 6) is 0. The number of nitrogens with zero attached hydrogens (tertiary/aromatic N) is 3. The molecule has 2 N–H and O–H groups in total. The van der Waals surface area contributed by atoms with Crippen molar-refractivity contribution in [1.29, 1.82) is 0 Å². The number of aryl methyl sites for hydroxylation is 1. The van der Waals surface area contributed by atoms with E-state index in [1.54, 1.807) is 0 Å². The zero-order valence-corrected chi connectivity index (χ0v) is 11.0. The lowest BCUT2D eigenvalue weighted by Gasteiger charge is -2.39. The van der Waals surface area contributed by atoms with Gasteiger partial charge in [0, 0.05) is 18.8 Å². The molecule has 0 aliphatic carbocycles. The van der Waals surface area contributed by atoms with Crippen molar-refractivity contribution in [1.82, 2.24) is 14.7 Å². The molecule has 4 heteroatoms. The maximum Gasteiger partial charge on any atom is 0.0670 e. The summed E-state index contributed by atoms with van der Waals surface area (Å²) in [6, 6.07) is 2.73. The summed E-state index contributed by atoms with van der Waals surface area (Å²) in [6.07, 6.45) is 5.36. The van der Waals surface area contributed by atoms with Gasteiger partial charge in [0.05, 0.1) is 11.7 Å². The number of aromatic nitrogens is 2. The second-order valence-corrected chi connectivity index (χ2v) is 4.86. The lowest BCUT2D eigenvalue weighted by molar-refractivity contribution is 0.128. The number of nitrogens with two attached hydrogens (primary N) is 1. The van der Waals surface area contributed by atoms with Gasteiger partial charge in [0.1, 0.15) is 0 Å². The van der Waals surface area contributed by atoms with E-state index >= 15 is 0 Å². The van der Waals surface area contributed by atoms with Gasteiger partial charge in [-0.15, -0.1) is 0 Å². The Labute approximate surface area is 104 Å². The molecule has 0 spiro atoms. The van der Waals surface area contributed by atoms with E-state index in [0.29, 0.717) is 6.04 Å². The molecule has 2 unspecified atom stereocenters. The van der Waals surface area contributed by atoms with Crippen molar-refractivity contribution in [2.24, 2.45) is 5.73 Å². The quantitative estimate of drug-likeness (QED) is 0.867. The molecule has 0 bridgehead atoms. The summed E-state index contributed by atoms with van der Waals surface area (Å²) in [5, 5.41) is 4.42. The predicted molar refractivity (Wildman–Crippen MR) is 69.7 cm³/mol. The standard InChI is InChI=1S/C13H24N4/c1-3-9-17-12(7-8-15-17)13-11(14)6-5-10-16(13)4-2/h7-8,11,13H,3-6,9-10,14H2,1-2H3. The average molecular weight is 236 g/mol. The van der Waals surface area contributed by atoms with Crippen molar-refractivity contribution in [2.45, 2.75) is 51.7 Å². The Morgan fingerprint density at radius 1 is 1.47 bits per heavy atom. The molecule has 0 saturated carbocycles. The molecule has 96 valence electrons. The molecule has 2 rings (SSSR count). The van der Waals surface area contributed by atoms with Crippen LogP contribution in [0.15, 0.2) is 12.3 Å². The van der Waals surface area contributed by atoms with Gasteiger partial charge < -0.3 is 5.73 Å². The molecule has 1 fully saturated rings. The van der Waals surface area contributed by atoms with Gasteiger partial charge in [0.25, 0.3) is 0 Å². The van der Waals surface area contributed by atoms with E-state index < -0.39 is 0 Å². The summed E-state index contributed by atoms with van der Waals surface area (Å²) >= 11 is 0. The number of hydrogen-bond acceptors (Lipinski definition) is 3. The van der Waals surface area contributed by atoms with Crippen molar-refractivity contribution >= 4 is 0 Å². The van der Waals surface area contributed by atoms with Crippen LogP contribution >= 0.6 is 0 Å². The Bertz CT molecular complexity index is 347. The second-order valence-electron chi connectivity index (χ2n) is 4.86. The van der Waals surface area contributed by atoms with Crippen LogP contribution < -0.4 is 5.73 Å². The minimum atomic E-state index is 0.246. The monoisotopic (exact) mass is 236 g/mol. The van der Waals surface area contributed by atoms with Crippen LogP contribution in [0.4, 0.5) is 0 Å². The van der Waals surface area contributed by atoms with E-state index in [1.807, 2.05) is 6.20 Å². The van der Waals surface area contributed by atoms with Crippen molar-refractivity contribution in [3.05, 3.63) is 18.0 Å². The SMILES string of the molecule is CCCn1nccc1C1C(N)CCCN1CC. The molecule has 2 atom stereocenters.